The summed E-state index contributed by atoms with van der Waals surface area (Å²) in [5.41, 5.74) is 6.77. The summed E-state index contributed by atoms with van der Waals surface area (Å²) in [6.07, 6.45) is 1.67. The number of hydrogen-bond donors (Lipinski definition) is 1. The molecule has 3 nitrogen and oxygen atoms in total. The number of nitrogens with two attached hydrogens (primary N) is 1. The highest BCUT2D eigenvalue weighted by atomic mass is 32.2. The van der Waals surface area contributed by atoms with Crippen molar-refractivity contribution in [2.45, 2.75) is 16.5 Å². The molecule has 1 unspecified atom stereocenters. The van der Waals surface area contributed by atoms with Crippen molar-refractivity contribution in [2.75, 3.05) is 6.54 Å². The molecule has 2 heterocycles. The van der Waals surface area contributed by atoms with Crippen molar-refractivity contribution in [3.8, 4) is 0 Å². The second-order valence-electron chi connectivity index (χ2n) is 3.11. The minimum Gasteiger partial charge on any atom is -0.468 e. The Kier molecular flexibility index (Phi) is 3.45. The normalized spacial score (nSPS) is 12.9. The summed E-state index contributed by atoms with van der Waals surface area (Å²) in [6, 6.07) is 3.83. The third-order valence-electron chi connectivity index (χ3n) is 1.92. The molecule has 2 aromatic heterocycles. The van der Waals surface area contributed by atoms with Gasteiger partial charge in [0.1, 0.15) is 5.76 Å². The summed E-state index contributed by atoms with van der Waals surface area (Å²) in [7, 11) is 0. The summed E-state index contributed by atoms with van der Waals surface area (Å²) in [6.45, 7) is 2.54. The number of aromatic nitrogens is 1. The van der Waals surface area contributed by atoms with Crippen LogP contribution in [0.2, 0.25) is 0 Å². The Morgan fingerprint density at radius 1 is 1.67 bits per heavy atom. The van der Waals surface area contributed by atoms with Crippen LogP contribution in [-0.4, -0.2) is 11.5 Å². The van der Waals surface area contributed by atoms with E-state index in [0.717, 1.165) is 15.8 Å². The van der Waals surface area contributed by atoms with Gasteiger partial charge in [-0.2, -0.15) is 0 Å². The molecule has 2 N–H and O–H groups in total. The maximum absolute atomic E-state index is 5.71. The SMILES string of the molecule is Cc1csc(SC(CN)c2ccco2)n1. The second-order valence-corrected chi connectivity index (χ2v) is 5.42. The monoisotopic (exact) mass is 240 g/mol. The fraction of sp³-hybridized carbons (Fsp3) is 0.300. The zero-order chi connectivity index (χ0) is 10.7. The number of rotatable bonds is 4. The first-order valence-corrected chi connectivity index (χ1v) is 6.38. The standard InChI is InChI=1S/C10H12N2OS2/c1-7-6-14-10(12-7)15-9(5-11)8-3-2-4-13-8/h2-4,6,9H,5,11H2,1H3. The second kappa shape index (κ2) is 4.83. The van der Waals surface area contributed by atoms with Gasteiger partial charge in [0.15, 0.2) is 4.34 Å². The van der Waals surface area contributed by atoms with E-state index in [-0.39, 0.29) is 5.25 Å². The van der Waals surface area contributed by atoms with Crippen LogP contribution in [-0.2, 0) is 0 Å². The average molecular weight is 240 g/mol. The molecule has 0 saturated carbocycles. The van der Waals surface area contributed by atoms with Crippen molar-refractivity contribution >= 4 is 23.1 Å². The lowest BCUT2D eigenvalue weighted by Crippen LogP contribution is -2.08. The van der Waals surface area contributed by atoms with Gasteiger partial charge in [-0.05, 0) is 19.1 Å². The molecule has 80 valence electrons. The summed E-state index contributed by atoms with van der Waals surface area (Å²) in [5, 5.41) is 2.20. The predicted molar refractivity (Wildman–Crippen MR) is 63.2 cm³/mol. The van der Waals surface area contributed by atoms with Crippen molar-refractivity contribution in [3.63, 3.8) is 0 Å². The summed E-state index contributed by atoms with van der Waals surface area (Å²) < 4.78 is 6.38. The van der Waals surface area contributed by atoms with E-state index in [1.807, 2.05) is 24.4 Å². The average Bonchev–Trinajstić information content (AvgIpc) is 2.85. The topological polar surface area (TPSA) is 52.0 Å². The van der Waals surface area contributed by atoms with Crippen molar-refractivity contribution in [1.29, 1.82) is 0 Å². The maximum Gasteiger partial charge on any atom is 0.150 e. The van der Waals surface area contributed by atoms with E-state index in [1.54, 1.807) is 29.4 Å². The largest absolute Gasteiger partial charge is 0.468 e. The quantitative estimate of drug-likeness (QED) is 0.835. The molecule has 0 aliphatic carbocycles. The van der Waals surface area contributed by atoms with Gasteiger partial charge in [0.2, 0.25) is 0 Å². The third kappa shape index (κ3) is 2.62. The van der Waals surface area contributed by atoms with Gasteiger partial charge >= 0.3 is 0 Å². The highest BCUT2D eigenvalue weighted by Gasteiger charge is 2.15. The lowest BCUT2D eigenvalue weighted by Gasteiger charge is -2.08. The lowest BCUT2D eigenvalue weighted by molar-refractivity contribution is 0.507. The zero-order valence-corrected chi connectivity index (χ0v) is 9.98. The molecule has 1 atom stereocenters. The van der Waals surface area contributed by atoms with Crippen LogP contribution in [0.5, 0.6) is 0 Å². The molecule has 2 rings (SSSR count). The van der Waals surface area contributed by atoms with Crippen molar-refractivity contribution in [3.05, 3.63) is 35.2 Å². The third-order valence-corrected chi connectivity index (χ3v) is 4.25. The molecule has 0 radical (unpaired) electrons. The van der Waals surface area contributed by atoms with Crippen molar-refractivity contribution < 1.29 is 4.42 Å². The summed E-state index contributed by atoms with van der Waals surface area (Å²) in [5.74, 6) is 0.912. The Balaban J connectivity index is 2.09. The highest BCUT2D eigenvalue weighted by Crippen LogP contribution is 2.36. The Labute approximate surface area is 96.7 Å². The summed E-state index contributed by atoms with van der Waals surface area (Å²) in [4.78, 5) is 4.39. The Bertz CT molecular complexity index is 411. The number of aryl methyl sites for hydroxylation is 1. The molecule has 0 aliphatic heterocycles. The molecule has 0 spiro atoms. The summed E-state index contributed by atoms with van der Waals surface area (Å²) >= 11 is 3.30. The minimum atomic E-state index is 0.158. The number of furan rings is 1. The van der Waals surface area contributed by atoms with E-state index in [9.17, 15) is 0 Å². The number of nitrogens with zero attached hydrogens (tertiary/aromatic N) is 1. The Morgan fingerprint density at radius 2 is 2.53 bits per heavy atom. The van der Waals surface area contributed by atoms with Crippen LogP contribution in [0.15, 0.2) is 32.5 Å². The first-order valence-electron chi connectivity index (χ1n) is 4.62. The van der Waals surface area contributed by atoms with Crippen LogP contribution in [0.3, 0.4) is 0 Å². The van der Waals surface area contributed by atoms with Crippen LogP contribution in [0.1, 0.15) is 16.7 Å². The minimum absolute atomic E-state index is 0.158. The van der Waals surface area contributed by atoms with E-state index in [4.69, 9.17) is 10.2 Å². The molecule has 5 heteroatoms. The molecule has 0 aromatic carbocycles. The number of thiazole rings is 1. The van der Waals surface area contributed by atoms with Gasteiger partial charge in [0.05, 0.1) is 11.5 Å². The van der Waals surface area contributed by atoms with Gasteiger partial charge in [-0.15, -0.1) is 11.3 Å². The van der Waals surface area contributed by atoms with Gasteiger partial charge in [0, 0.05) is 17.6 Å². The van der Waals surface area contributed by atoms with Crippen LogP contribution in [0.25, 0.3) is 0 Å². The molecule has 0 saturated heterocycles. The van der Waals surface area contributed by atoms with Crippen LogP contribution in [0, 0.1) is 6.92 Å². The predicted octanol–water partition coefficient (Wildman–Crippen LogP) is 2.84. The molecule has 0 fully saturated rings. The van der Waals surface area contributed by atoms with Crippen LogP contribution < -0.4 is 5.73 Å². The van der Waals surface area contributed by atoms with Crippen LogP contribution in [0.4, 0.5) is 0 Å². The fourth-order valence-electron chi connectivity index (χ4n) is 1.21. The van der Waals surface area contributed by atoms with Gasteiger partial charge in [-0.25, -0.2) is 4.98 Å². The van der Waals surface area contributed by atoms with Gasteiger partial charge in [0.25, 0.3) is 0 Å². The molecule has 0 aliphatic rings. The fourth-order valence-corrected chi connectivity index (χ4v) is 3.23. The highest BCUT2D eigenvalue weighted by molar-refractivity contribution is 8.01. The molecular formula is C10H12N2OS2. The Hall–Kier alpha value is -0.780. The smallest absolute Gasteiger partial charge is 0.150 e. The molecule has 0 bridgehead atoms. The van der Waals surface area contributed by atoms with E-state index in [0.29, 0.717) is 6.54 Å². The molecule has 0 amide bonds. The lowest BCUT2D eigenvalue weighted by atomic mass is 10.3. The van der Waals surface area contributed by atoms with E-state index in [1.165, 1.54) is 0 Å². The maximum atomic E-state index is 5.71. The van der Waals surface area contributed by atoms with E-state index >= 15 is 0 Å². The van der Waals surface area contributed by atoms with Gasteiger partial charge in [-0.1, -0.05) is 11.8 Å². The van der Waals surface area contributed by atoms with Gasteiger partial charge < -0.3 is 10.2 Å². The molecule has 2 aromatic rings. The number of hydrogen-bond acceptors (Lipinski definition) is 5. The first kappa shape index (κ1) is 10.7. The van der Waals surface area contributed by atoms with Crippen LogP contribution >= 0.6 is 23.1 Å². The van der Waals surface area contributed by atoms with E-state index in [2.05, 4.69) is 4.98 Å². The molecule has 15 heavy (non-hydrogen) atoms. The zero-order valence-electron chi connectivity index (χ0n) is 8.34. The first-order chi connectivity index (χ1) is 7.29. The number of thioether (sulfide) groups is 1. The molecular weight excluding hydrogens is 228 g/mol. The Morgan fingerprint density at radius 3 is 3.07 bits per heavy atom. The van der Waals surface area contributed by atoms with Gasteiger partial charge in [-0.3, -0.25) is 0 Å². The van der Waals surface area contributed by atoms with E-state index < -0.39 is 0 Å². The van der Waals surface area contributed by atoms with Crippen molar-refractivity contribution in [2.24, 2.45) is 5.73 Å². The van der Waals surface area contributed by atoms with Crippen molar-refractivity contribution in [1.82, 2.24) is 4.98 Å².